The molecule has 0 saturated carbocycles. The molecule has 2 aromatic rings. The Labute approximate surface area is 123 Å². The molecule has 0 amide bonds. The first-order valence-electron chi connectivity index (χ1n) is 6.18. The Bertz CT molecular complexity index is 682. The molecule has 108 valence electrons. The second-order valence-corrected chi connectivity index (χ2v) is 6.40. The van der Waals surface area contributed by atoms with E-state index in [-0.39, 0.29) is 5.03 Å². The number of benzene rings is 1. The Morgan fingerprint density at radius 1 is 1.35 bits per heavy atom. The van der Waals surface area contributed by atoms with Crippen LogP contribution in [0, 0.1) is 0 Å². The summed E-state index contributed by atoms with van der Waals surface area (Å²) in [4.78, 5) is 0. The number of nitrogens with one attached hydrogen (secondary N) is 1. The number of sulfonamides is 1. The third kappa shape index (κ3) is 3.52. The molecule has 2 rings (SSSR count). The Morgan fingerprint density at radius 2 is 2.15 bits per heavy atom. The fraction of sp³-hybridized carbons (Fsp3) is 0.308. The van der Waals surface area contributed by atoms with Crippen molar-refractivity contribution in [2.45, 2.75) is 17.9 Å². The van der Waals surface area contributed by atoms with Gasteiger partial charge in [0.1, 0.15) is 0 Å². The number of aromatic nitrogens is 2. The molecule has 1 N–H and O–H groups in total. The quantitative estimate of drug-likeness (QED) is 0.833. The van der Waals surface area contributed by atoms with Gasteiger partial charge in [-0.1, -0.05) is 12.1 Å². The summed E-state index contributed by atoms with van der Waals surface area (Å²) in [5, 5.41) is 3.99. The number of aryl methyl sites for hydroxylation is 2. The summed E-state index contributed by atoms with van der Waals surface area (Å²) in [6.45, 7) is 0. The van der Waals surface area contributed by atoms with Crippen molar-refractivity contribution < 1.29 is 8.42 Å². The number of hydrogen-bond acceptors (Lipinski definition) is 3. The van der Waals surface area contributed by atoms with Crippen LogP contribution in [0.3, 0.4) is 0 Å². The third-order valence-electron chi connectivity index (χ3n) is 2.83. The van der Waals surface area contributed by atoms with Crippen LogP contribution in [-0.4, -0.2) is 24.1 Å². The molecule has 7 heteroatoms. The zero-order valence-corrected chi connectivity index (χ0v) is 12.7. The molecule has 0 saturated heterocycles. The fourth-order valence-corrected chi connectivity index (χ4v) is 3.20. The highest BCUT2D eigenvalue weighted by Crippen LogP contribution is 2.17. The molecule has 0 spiro atoms. The minimum atomic E-state index is -3.61. The number of nitrogens with zero attached hydrogens (tertiary/aromatic N) is 2. The minimum Gasteiger partial charge on any atom is -0.278 e. The standard InChI is InChI=1S/C13H16ClN3O2S/c1-17-13(7-9-15-17)20(18,19)16-12-6-2-4-11(10-12)5-3-8-14/h2,4,6-7,9-10,16H,3,5,8H2,1H3. The van der Waals surface area contributed by atoms with Gasteiger partial charge in [-0.05, 0) is 36.6 Å². The number of alkyl halides is 1. The van der Waals surface area contributed by atoms with Crippen LogP contribution >= 0.6 is 11.6 Å². The summed E-state index contributed by atoms with van der Waals surface area (Å²) in [7, 11) is -2.02. The fourth-order valence-electron chi connectivity index (χ4n) is 1.89. The monoisotopic (exact) mass is 313 g/mol. The topological polar surface area (TPSA) is 64.0 Å². The molecule has 0 aliphatic rings. The van der Waals surface area contributed by atoms with Gasteiger partial charge in [-0.25, -0.2) is 0 Å². The summed E-state index contributed by atoms with van der Waals surface area (Å²) in [6.07, 6.45) is 3.13. The van der Waals surface area contributed by atoms with Crippen molar-refractivity contribution in [1.82, 2.24) is 9.78 Å². The lowest BCUT2D eigenvalue weighted by Crippen LogP contribution is -2.16. The molecule has 1 aromatic carbocycles. The number of halogens is 1. The Balaban J connectivity index is 2.19. The Kier molecular flexibility index (Phi) is 4.67. The van der Waals surface area contributed by atoms with Gasteiger partial charge in [0.05, 0.1) is 6.20 Å². The first kappa shape index (κ1) is 14.9. The zero-order chi connectivity index (χ0) is 14.6. The maximum absolute atomic E-state index is 12.2. The van der Waals surface area contributed by atoms with Crippen LogP contribution in [0.25, 0.3) is 0 Å². The van der Waals surface area contributed by atoms with Crippen molar-refractivity contribution >= 4 is 27.3 Å². The first-order valence-corrected chi connectivity index (χ1v) is 8.20. The van der Waals surface area contributed by atoms with Gasteiger partial charge in [-0.3, -0.25) is 9.40 Å². The molecule has 20 heavy (non-hydrogen) atoms. The van der Waals surface area contributed by atoms with Gasteiger partial charge in [0.2, 0.25) is 0 Å². The predicted molar refractivity (Wildman–Crippen MR) is 79.5 cm³/mol. The molecule has 0 unspecified atom stereocenters. The van der Waals surface area contributed by atoms with Gasteiger partial charge in [-0.15, -0.1) is 11.6 Å². The summed E-state index contributed by atoms with van der Waals surface area (Å²) < 4.78 is 28.3. The highest BCUT2D eigenvalue weighted by molar-refractivity contribution is 7.92. The van der Waals surface area contributed by atoms with Crippen molar-refractivity contribution in [2.75, 3.05) is 10.6 Å². The molecule has 5 nitrogen and oxygen atoms in total. The average molecular weight is 314 g/mol. The van der Waals surface area contributed by atoms with Crippen LogP contribution < -0.4 is 4.72 Å². The van der Waals surface area contributed by atoms with Gasteiger partial charge in [-0.2, -0.15) is 13.5 Å². The average Bonchev–Trinajstić information content (AvgIpc) is 2.83. The van der Waals surface area contributed by atoms with Crippen molar-refractivity contribution in [3.63, 3.8) is 0 Å². The molecule has 0 aliphatic heterocycles. The van der Waals surface area contributed by atoms with Gasteiger partial charge in [0.25, 0.3) is 10.0 Å². The molecule has 0 aliphatic carbocycles. The van der Waals surface area contributed by atoms with E-state index in [2.05, 4.69) is 9.82 Å². The summed E-state index contributed by atoms with van der Waals surface area (Å²) in [5.41, 5.74) is 1.59. The van der Waals surface area contributed by atoms with Gasteiger partial charge >= 0.3 is 0 Å². The maximum Gasteiger partial charge on any atom is 0.279 e. The molecule has 0 fully saturated rings. The summed E-state index contributed by atoms with van der Waals surface area (Å²) in [5.74, 6) is 0.588. The number of rotatable bonds is 6. The second-order valence-electron chi connectivity index (χ2n) is 4.39. The van der Waals surface area contributed by atoms with Crippen molar-refractivity contribution in [2.24, 2.45) is 7.05 Å². The predicted octanol–water partition coefficient (Wildman–Crippen LogP) is 2.39. The number of hydrogen-bond donors (Lipinski definition) is 1. The van der Waals surface area contributed by atoms with Crippen LogP contribution in [0.15, 0.2) is 41.6 Å². The normalized spacial score (nSPS) is 11.5. The molecular formula is C13H16ClN3O2S. The van der Waals surface area contributed by atoms with Crippen LogP contribution in [0.1, 0.15) is 12.0 Å². The van der Waals surface area contributed by atoms with E-state index in [9.17, 15) is 8.42 Å². The Hall–Kier alpha value is -1.53. The van der Waals surface area contributed by atoms with Crippen molar-refractivity contribution in [3.05, 3.63) is 42.1 Å². The molecule has 1 heterocycles. The lowest BCUT2D eigenvalue weighted by atomic mass is 10.1. The third-order valence-corrected chi connectivity index (χ3v) is 4.55. The van der Waals surface area contributed by atoms with E-state index in [1.165, 1.54) is 16.9 Å². The smallest absolute Gasteiger partial charge is 0.278 e. The highest BCUT2D eigenvalue weighted by Gasteiger charge is 2.17. The first-order chi connectivity index (χ1) is 9.53. The van der Waals surface area contributed by atoms with E-state index < -0.39 is 10.0 Å². The van der Waals surface area contributed by atoms with E-state index in [4.69, 9.17) is 11.6 Å². The molecule has 1 aromatic heterocycles. The van der Waals surface area contributed by atoms with Crippen LogP contribution in [0.4, 0.5) is 5.69 Å². The largest absolute Gasteiger partial charge is 0.279 e. The van der Waals surface area contributed by atoms with E-state index in [0.29, 0.717) is 11.6 Å². The van der Waals surface area contributed by atoms with Crippen LogP contribution in [0.2, 0.25) is 0 Å². The van der Waals surface area contributed by atoms with E-state index in [1.54, 1.807) is 13.1 Å². The highest BCUT2D eigenvalue weighted by atomic mass is 35.5. The SMILES string of the molecule is Cn1nccc1S(=O)(=O)Nc1cccc(CCCCl)c1. The van der Waals surface area contributed by atoms with E-state index >= 15 is 0 Å². The summed E-state index contributed by atoms with van der Waals surface area (Å²) in [6, 6.07) is 8.78. The molecular weight excluding hydrogens is 298 g/mol. The lowest BCUT2D eigenvalue weighted by molar-refractivity contribution is 0.582. The van der Waals surface area contributed by atoms with Crippen molar-refractivity contribution in [3.8, 4) is 0 Å². The van der Waals surface area contributed by atoms with Crippen LogP contribution in [-0.2, 0) is 23.5 Å². The lowest BCUT2D eigenvalue weighted by Gasteiger charge is -2.09. The minimum absolute atomic E-state index is 0.128. The summed E-state index contributed by atoms with van der Waals surface area (Å²) >= 11 is 5.66. The number of anilines is 1. The van der Waals surface area contributed by atoms with Crippen LogP contribution in [0.5, 0.6) is 0 Å². The van der Waals surface area contributed by atoms with Gasteiger partial charge in [0, 0.05) is 18.6 Å². The second kappa shape index (κ2) is 6.28. The maximum atomic E-state index is 12.2. The Morgan fingerprint density at radius 3 is 2.80 bits per heavy atom. The van der Waals surface area contributed by atoms with E-state index in [1.807, 2.05) is 18.2 Å². The van der Waals surface area contributed by atoms with Gasteiger partial charge < -0.3 is 0 Å². The van der Waals surface area contributed by atoms with Crippen molar-refractivity contribution in [1.29, 1.82) is 0 Å². The molecule has 0 radical (unpaired) electrons. The van der Waals surface area contributed by atoms with E-state index in [0.717, 1.165) is 18.4 Å². The van der Waals surface area contributed by atoms with Gasteiger partial charge in [0.15, 0.2) is 5.03 Å². The molecule has 0 bridgehead atoms. The zero-order valence-electron chi connectivity index (χ0n) is 11.1. The molecule has 0 atom stereocenters.